The molecule has 0 aliphatic rings. The average molecular weight is 314 g/mol. The van der Waals surface area contributed by atoms with Gasteiger partial charge < -0.3 is 4.57 Å². The largest absolute Gasteiger partial charge is 0.333 e. The van der Waals surface area contributed by atoms with E-state index in [1.807, 2.05) is 47.0 Å². The second-order valence-electron chi connectivity index (χ2n) is 4.41. The van der Waals surface area contributed by atoms with Crippen LogP contribution in [0.1, 0.15) is 16.1 Å². The van der Waals surface area contributed by atoms with Gasteiger partial charge in [-0.2, -0.15) is 0 Å². The molecule has 0 aliphatic heterocycles. The maximum absolute atomic E-state index is 11.4. The first-order chi connectivity index (χ1) is 9.31. The standard InChI is InChI=1S/C16H12BrNO/c17-16-13-8-4-5-9-14(13)18(15(16)11-19)10-12-6-2-1-3-7-12/h1-9,11H,10H2. The van der Waals surface area contributed by atoms with Crippen LogP contribution in [0.5, 0.6) is 0 Å². The number of halogens is 1. The first-order valence-corrected chi connectivity index (χ1v) is 6.86. The van der Waals surface area contributed by atoms with Gasteiger partial charge in [-0.1, -0.05) is 48.5 Å². The summed E-state index contributed by atoms with van der Waals surface area (Å²) in [6.07, 6.45) is 0.910. The Bertz CT molecular complexity index is 731. The highest BCUT2D eigenvalue weighted by molar-refractivity contribution is 9.10. The van der Waals surface area contributed by atoms with Gasteiger partial charge in [0.15, 0.2) is 6.29 Å². The lowest BCUT2D eigenvalue weighted by atomic mass is 10.2. The Morgan fingerprint density at radius 3 is 2.42 bits per heavy atom. The molecule has 0 aliphatic carbocycles. The molecule has 0 saturated heterocycles. The summed E-state index contributed by atoms with van der Waals surface area (Å²) in [5.41, 5.74) is 2.93. The van der Waals surface area contributed by atoms with Crippen LogP contribution in [-0.4, -0.2) is 10.9 Å². The lowest BCUT2D eigenvalue weighted by Crippen LogP contribution is -2.03. The van der Waals surface area contributed by atoms with Crippen LogP contribution in [0.2, 0.25) is 0 Å². The molecule has 0 spiro atoms. The van der Waals surface area contributed by atoms with Crippen molar-refractivity contribution in [2.24, 2.45) is 0 Å². The van der Waals surface area contributed by atoms with Crippen molar-refractivity contribution in [2.45, 2.75) is 6.54 Å². The zero-order valence-corrected chi connectivity index (χ0v) is 11.8. The second-order valence-corrected chi connectivity index (χ2v) is 5.20. The van der Waals surface area contributed by atoms with Crippen LogP contribution in [0.15, 0.2) is 59.1 Å². The predicted octanol–water partition coefficient (Wildman–Crippen LogP) is 4.26. The summed E-state index contributed by atoms with van der Waals surface area (Å²) in [5, 5.41) is 1.07. The topological polar surface area (TPSA) is 22.0 Å². The van der Waals surface area contributed by atoms with Crippen LogP contribution in [-0.2, 0) is 6.54 Å². The summed E-state index contributed by atoms with van der Waals surface area (Å²) in [6, 6.07) is 18.2. The van der Waals surface area contributed by atoms with Gasteiger partial charge in [0.2, 0.25) is 0 Å². The smallest absolute Gasteiger partial charge is 0.167 e. The summed E-state index contributed by atoms with van der Waals surface area (Å²) < 4.78 is 2.91. The van der Waals surface area contributed by atoms with E-state index in [4.69, 9.17) is 0 Å². The summed E-state index contributed by atoms with van der Waals surface area (Å²) in [7, 11) is 0. The zero-order chi connectivity index (χ0) is 13.2. The molecule has 0 atom stereocenters. The number of para-hydroxylation sites is 1. The third-order valence-corrected chi connectivity index (χ3v) is 4.08. The van der Waals surface area contributed by atoms with E-state index in [0.29, 0.717) is 12.2 Å². The Balaban J connectivity index is 2.19. The molecule has 0 saturated carbocycles. The Labute approximate surface area is 119 Å². The maximum atomic E-state index is 11.4. The molecular weight excluding hydrogens is 302 g/mol. The minimum atomic E-state index is 0.685. The van der Waals surface area contributed by atoms with E-state index in [2.05, 4.69) is 28.1 Å². The number of carbonyl (C=O) groups is 1. The van der Waals surface area contributed by atoms with E-state index in [1.165, 1.54) is 5.56 Å². The Kier molecular flexibility index (Phi) is 3.22. The molecule has 0 radical (unpaired) electrons. The Morgan fingerprint density at radius 1 is 1.00 bits per heavy atom. The van der Waals surface area contributed by atoms with E-state index < -0.39 is 0 Å². The maximum Gasteiger partial charge on any atom is 0.167 e. The van der Waals surface area contributed by atoms with Gasteiger partial charge in [0.1, 0.15) is 0 Å². The van der Waals surface area contributed by atoms with Crippen molar-refractivity contribution in [1.82, 2.24) is 4.57 Å². The number of aromatic nitrogens is 1. The number of fused-ring (bicyclic) bond motifs is 1. The van der Waals surface area contributed by atoms with Crippen LogP contribution in [0.25, 0.3) is 10.9 Å². The van der Waals surface area contributed by atoms with Crippen molar-refractivity contribution in [3.05, 3.63) is 70.3 Å². The third kappa shape index (κ3) is 2.10. The van der Waals surface area contributed by atoms with Gasteiger partial charge in [0, 0.05) is 11.9 Å². The summed E-state index contributed by atoms with van der Waals surface area (Å²) in [4.78, 5) is 11.4. The van der Waals surface area contributed by atoms with Crippen LogP contribution < -0.4 is 0 Å². The molecule has 0 fully saturated rings. The monoisotopic (exact) mass is 313 g/mol. The van der Waals surface area contributed by atoms with Crippen LogP contribution >= 0.6 is 15.9 Å². The van der Waals surface area contributed by atoms with Gasteiger partial charge >= 0.3 is 0 Å². The fourth-order valence-corrected chi connectivity index (χ4v) is 2.98. The number of hydrogen-bond acceptors (Lipinski definition) is 1. The highest BCUT2D eigenvalue weighted by Crippen LogP contribution is 2.30. The fourth-order valence-electron chi connectivity index (χ4n) is 2.33. The number of benzene rings is 2. The van der Waals surface area contributed by atoms with Crippen molar-refractivity contribution >= 4 is 33.1 Å². The molecule has 2 aromatic carbocycles. The van der Waals surface area contributed by atoms with E-state index in [-0.39, 0.29) is 0 Å². The number of hydrogen-bond donors (Lipinski definition) is 0. The molecular formula is C16H12BrNO. The number of rotatable bonds is 3. The molecule has 1 heterocycles. The van der Waals surface area contributed by atoms with E-state index in [1.54, 1.807) is 0 Å². The van der Waals surface area contributed by atoms with Gasteiger partial charge in [-0.05, 0) is 27.6 Å². The van der Waals surface area contributed by atoms with E-state index >= 15 is 0 Å². The van der Waals surface area contributed by atoms with Crippen molar-refractivity contribution in [3.63, 3.8) is 0 Å². The lowest BCUT2D eigenvalue weighted by molar-refractivity contribution is 0.111. The quantitative estimate of drug-likeness (QED) is 0.662. The molecule has 3 aromatic rings. The highest BCUT2D eigenvalue weighted by Gasteiger charge is 2.14. The minimum absolute atomic E-state index is 0.685. The molecule has 2 nitrogen and oxygen atoms in total. The molecule has 1 aromatic heterocycles. The van der Waals surface area contributed by atoms with Gasteiger partial charge in [-0.25, -0.2) is 0 Å². The highest BCUT2D eigenvalue weighted by atomic mass is 79.9. The van der Waals surface area contributed by atoms with Crippen LogP contribution in [0.4, 0.5) is 0 Å². The zero-order valence-electron chi connectivity index (χ0n) is 10.2. The Hall–Kier alpha value is -1.87. The Morgan fingerprint density at radius 2 is 1.68 bits per heavy atom. The summed E-state index contributed by atoms with van der Waals surface area (Å²) >= 11 is 3.52. The molecule has 0 bridgehead atoms. The minimum Gasteiger partial charge on any atom is -0.333 e. The van der Waals surface area contributed by atoms with E-state index in [9.17, 15) is 4.79 Å². The fraction of sp³-hybridized carbons (Fsp3) is 0.0625. The molecule has 94 valence electrons. The van der Waals surface area contributed by atoms with Crippen molar-refractivity contribution in [3.8, 4) is 0 Å². The van der Waals surface area contributed by atoms with Crippen molar-refractivity contribution < 1.29 is 4.79 Å². The number of aldehydes is 1. The summed E-state index contributed by atoms with van der Waals surface area (Å²) in [5.74, 6) is 0. The SMILES string of the molecule is O=Cc1c(Br)c2ccccc2n1Cc1ccccc1. The molecule has 19 heavy (non-hydrogen) atoms. The number of carbonyl (C=O) groups excluding carboxylic acids is 1. The third-order valence-electron chi connectivity index (χ3n) is 3.24. The second kappa shape index (κ2) is 5.02. The van der Waals surface area contributed by atoms with Crippen LogP contribution in [0.3, 0.4) is 0 Å². The first kappa shape index (κ1) is 12.2. The number of nitrogens with zero attached hydrogens (tertiary/aromatic N) is 1. The normalized spacial score (nSPS) is 10.8. The van der Waals surface area contributed by atoms with E-state index in [0.717, 1.165) is 21.7 Å². The van der Waals surface area contributed by atoms with Crippen molar-refractivity contribution in [2.75, 3.05) is 0 Å². The van der Waals surface area contributed by atoms with Gasteiger partial charge in [0.25, 0.3) is 0 Å². The van der Waals surface area contributed by atoms with Crippen LogP contribution in [0, 0.1) is 0 Å². The first-order valence-electron chi connectivity index (χ1n) is 6.07. The molecule has 0 N–H and O–H groups in total. The molecule has 3 rings (SSSR count). The predicted molar refractivity (Wildman–Crippen MR) is 80.6 cm³/mol. The average Bonchev–Trinajstić information content (AvgIpc) is 2.73. The molecule has 3 heteroatoms. The lowest BCUT2D eigenvalue weighted by Gasteiger charge is -2.07. The summed E-state index contributed by atoms with van der Waals surface area (Å²) in [6.45, 7) is 0.695. The van der Waals surface area contributed by atoms with Crippen molar-refractivity contribution in [1.29, 1.82) is 0 Å². The van der Waals surface area contributed by atoms with Gasteiger partial charge in [0.05, 0.1) is 15.7 Å². The van der Waals surface area contributed by atoms with Gasteiger partial charge in [-0.3, -0.25) is 4.79 Å². The molecule has 0 unspecified atom stereocenters. The molecule has 0 amide bonds. The van der Waals surface area contributed by atoms with Gasteiger partial charge in [-0.15, -0.1) is 0 Å².